The Bertz CT molecular complexity index is 558. The highest BCUT2D eigenvalue weighted by Crippen LogP contribution is 2.25. The van der Waals surface area contributed by atoms with Crippen molar-refractivity contribution in [3.63, 3.8) is 0 Å². The fourth-order valence-corrected chi connectivity index (χ4v) is 2.60. The molecular formula is C18H19N. The van der Waals surface area contributed by atoms with Gasteiger partial charge in [-0.25, -0.2) is 0 Å². The lowest BCUT2D eigenvalue weighted by Crippen LogP contribution is -2.32. The van der Waals surface area contributed by atoms with Crippen LogP contribution in [-0.4, -0.2) is 6.04 Å². The summed E-state index contributed by atoms with van der Waals surface area (Å²) in [6, 6.07) is 9.13. The summed E-state index contributed by atoms with van der Waals surface area (Å²) >= 11 is 0. The van der Waals surface area contributed by atoms with E-state index >= 15 is 0 Å². The van der Waals surface area contributed by atoms with Crippen LogP contribution in [0.3, 0.4) is 0 Å². The van der Waals surface area contributed by atoms with Gasteiger partial charge >= 0.3 is 0 Å². The maximum absolute atomic E-state index is 3.46. The van der Waals surface area contributed by atoms with E-state index in [1.54, 1.807) is 0 Å². The maximum Gasteiger partial charge on any atom is 0.0513 e. The summed E-state index contributed by atoms with van der Waals surface area (Å²) in [5.74, 6) is 0.551. The first-order chi connectivity index (χ1) is 9.33. The van der Waals surface area contributed by atoms with E-state index in [0.29, 0.717) is 12.0 Å². The second-order valence-electron chi connectivity index (χ2n) is 5.23. The highest BCUT2D eigenvalue weighted by molar-refractivity contribution is 5.75. The summed E-state index contributed by atoms with van der Waals surface area (Å²) in [5, 5.41) is 3.46. The van der Waals surface area contributed by atoms with Gasteiger partial charge in [-0.1, -0.05) is 60.2 Å². The minimum absolute atomic E-state index is 0.391. The van der Waals surface area contributed by atoms with Crippen molar-refractivity contribution in [1.29, 1.82) is 0 Å². The van der Waals surface area contributed by atoms with Gasteiger partial charge in [0.15, 0.2) is 0 Å². The highest BCUT2D eigenvalue weighted by Gasteiger charge is 2.18. The van der Waals surface area contributed by atoms with Crippen molar-refractivity contribution in [3.8, 4) is 0 Å². The summed E-state index contributed by atoms with van der Waals surface area (Å²) in [5.41, 5.74) is 3.91. The zero-order valence-electron chi connectivity index (χ0n) is 11.2. The van der Waals surface area contributed by atoms with Gasteiger partial charge in [0.25, 0.3) is 0 Å². The van der Waals surface area contributed by atoms with Gasteiger partial charge in [-0.2, -0.15) is 0 Å². The van der Waals surface area contributed by atoms with Crippen molar-refractivity contribution < 1.29 is 0 Å². The van der Waals surface area contributed by atoms with Crippen molar-refractivity contribution in [2.45, 2.75) is 19.4 Å². The largest absolute Gasteiger partial charge is 0.384 e. The fourth-order valence-electron chi connectivity index (χ4n) is 2.60. The van der Waals surface area contributed by atoms with Crippen molar-refractivity contribution >= 4 is 5.57 Å². The molecule has 1 N–H and O–H groups in total. The van der Waals surface area contributed by atoms with Gasteiger partial charge in [0.1, 0.15) is 0 Å². The van der Waals surface area contributed by atoms with Gasteiger partial charge in [-0.05, 0) is 36.8 Å². The summed E-state index contributed by atoms with van der Waals surface area (Å²) in [6.07, 6.45) is 16.5. The van der Waals surface area contributed by atoms with Gasteiger partial charge in [-0.15, -0.1) is 0 Å². The molecule has 19 heavy (non-hydrogen) atoms. The molecule has 1 heterocycles. The maximum atomic E-state index is 3.46. The number of hydrogen-bond donors (Lipinski definition) is 1. The molecule has 1 aliphatic carbocycles. The molecule has 1 aromatic carbocycles. The number of hydrogen-bond acceptors (Lipinski definition) is 1. The zero-order valence-corrected chi connectivity index (χ0v) is 11.2. The normalized spacial score (nSPS) is 25.0. The van der Waals surface area contributed by atoms with Crippen LogP contribution in [0.5, 0.6) is 0 Å². The van der Waals surface area contributed by atoms with E-state index in [2.05, 4.69) is 79.2 Å². The summed E-state index contributed by atoms with van der Waals surface area (Å²) < 4.78 is 0. The van der Waals surface area contributed by atoms with Gasteiger partial charge in [0, 0.05) is 5.92 Å². The molecule has 0 fully saturated rings. The third kappa shape index (κ3) is 2.70. The topological polar surface area (TPSA) is 12.0 Å². The van der Waals surface area contributed by atoms with E-state index in [4.69, 9.17) is 0 Å². The molecule has 2 unspecified atom stereocenters. The van der Waals surface area contributed by atoms with Crippen LogP contribution in [0.2, 0.25) is 0 Å². The van der Waals surface area contributed by atoms with Gasteiger partial charge in [0.2, 0.25) is 0 Å². The van der Waals surface area contributed by atoms with Crippen LogP contribution in [-0.2, 0) is 0 Å². The Morgan fingerprint density at radius 2 is 1.95 bits per heavy atom. The first-order valence-corrected chi connectivity index (χ1v) is 6.88. The van der Waals surface area contributed by atoms with Crippen molar-refractivity contribution in [3.05, 3.63) is 78.0 Å². The quantitative estimate of drug-likeness (QED) is 0.835. The van der Waals surface area contributed by atoms with E-state index in [0.717, 1.165) is 6.42 Å². The summed E-state index contributed by atoms with van der Waals surface area (Å²) in [7, 11) is 0. The van der Waals surface area contributed by atoms with Crippen molar-refractivity contribution in [1.82, 2.24) is 5.32 Å². The molecule has 0 saturated carbocycles. The van der Waals surface area contributed by atoms with Crippen LogP contribution in [0.1, 0.15) is 17.5 Å². The second kappa shape index (κ2) is 5.31. The molecular weight excluding hydrogens is 230 g/mol. The molecule has 1 aliphatic heterocycles. The lowest BCUT2D eigenvalue weighted by molar-refractivity contribution is 0.522. The van der Waals surface area contributed by atoms with E-state index in [-0.39, 0.29) is 0 Å². The molecule has 96 valence electrons. The summed E-state index contributed by atoms with van der Waals surface area (Å²) in [6.45, 7) is 2.12. The number of benzene rings is 1. The Labute approximate surface area is 115 Å². The molecule has 2 atom stereocenters. The molecule has 3 rings (SSSR count). The third-order valence-corrected chi connectivity index (χ3v) is 3.77. The molecule has 0 aromatic heterocycles. The predicted octanol–water partition coefficient (Wildman–Crippen LogP) is 4.00. The Morgan fingerprint density at radius 1 is 1.11 bits per heavy atom. The Kier molecular flexibility index (Phi) is 3.37. The Balaban J connectivity index is 1.83. The molecule has 0 radical (unpaired) electrons. The number of aryl methyl sites for hydroxylation is 1. The average molecular weight is 249 g/mol. The van der Waals surface area contributed by atoms with Crippen LogP contribution < -0.4 is 5.32 Å². The second-order valence-corrected chi connectivity index (χ2v) is 5.23. The summed E-state index contributed by atoms with van der Waals surface area (Å²) in [4.78, 5) is 0. The number of allylic oxidation sites excluding steroid dienone is 5. The highest BCUT2D eigenvalue weighted by atomic mass is 14.9. The standard InChI is InChI=1S/C18H19N/c1-14-7-9-15(10-8-14)17-11-12-19-18(13-17)16-5-3-2-4-6-16/h2-5,7-13,16,18-19H,6H2,1H3. The number of rotatable bonds is 2. The minimum atomic E-state index is 0.391. The van der Waals surface area contributed by atoms with Gasteiger partial charge in [0.05, 0.1) is 6.04 Å². The first kappa shape index (κ1) is 12.0. The van der Waals surface area contributed by atoms with Crippen LogP contribution in [0.4, 0.5) is 0 Å². The third-order valence-electron chi connectivity index (χ3n) is 3.77. The molecule has 1 nitrogen and oxygen atoms in total. The Morgan fingerprint density at radius 3 is 2.68 bits per heavy atom. The van der Waals surface area contributed by atoms with Crippen LogP contribution in [0, 0.1) is 12.8 Å². The van der Waals surface area contributed by atoms with E-state index in [1.807, 2.05) is 0 Å². The van der Waals surface area contributed by atoms with Crippen LogP contribution in [0.25, 0.3) is 5.57 Å². The predicted molar refractivity (Wildman–Crippen MR) is 81.6 cm³/mol. The van der Waals surface area contributed by atoms with Crippen molar-refractivity contribution in [2.24, 2.45) is 5.92 Å². The lowest BCUT2D eigenvalue weighted by atomic mass is 9.89. The lowest BCUT2D eigenvalue weighted by Gasteiger charge is -2.26. The molecule has 0 spiro atoms. The Hall–Kier alpha value is -2.02. The van der Waals surface area contributed by atoms with Crippen LogP contribution in [0.15, 0.2) is 66.9 Å². The SMILES string of the molecule is Cc1ccc(C2=CC(C3C=CC=CC3)NC=C2)cc1. The minimum Gasteiger partial charge on any atom is -0.384 e. The number of dihydropyridines is 1. The van der Waals surface area contributed by atoms with Gasteiger partial charge in [-0.3, -0.25) is 0 Å². The average Bonchev–Trinajstić information content (AvgIpc) is 2.49. The van der Waals surface area contributed by atoms with E-state index in [9.17, 15) is 0 Å². The van der Waals surface area contributed by atoms with Gasteiger partial charge < -0.3 is 5.32 Å². The van der Waals surface area contributed by atoms with E-state index in [1.165, 1.54) is 16.7 Å². The molecule has 1 aromatic rings. The van der Waals surface area contributed by atoms with Crippen molar-refractivity contribution in [2.75, 3.05) is 0 Å². The monoisotopic (exact) mass is 249 g/mol. The fraction of sp³-hybridized carbons (Fsp3) is 0.222. The first-order valence-electron chi connectivity index (χ1n) is 6.88. The van der Waals surface area contributed by atoms with Crippen LogP contribution >= 0.6 is 0 Å². The van der Waals surface area contributed by atoms with E-state index < -0.39 is 0 Å². The molecule has 1 heteroatoms. The molecule has 0 saturated heterocycles. The zero-order chi connectivity index (χ0) is 13.1. The molecule has 0 amide bonds. The molecule has 0 bridgehead atoms. The number of nitrogens with one attached hydrogen (secondary N) is 1. The molecule has 2 aliphatic rings. The smallest absolute Gasteiger partial charge is 0.0513 e.